The van der Waals surface area contributed by atoms with E-state index < -0.39 is 5.60 Å². The minimum Gasteiger partial charge on any atom is -0.378 e. The van der Waals surface area contributed by atoms with E-state index in [1.54, 1.807) is 0 Å². The Morgan fingerprint density at radius 2 is 2.20 bits per heavy atom. The lowest BCUT2D eigenvalue weighted by atomic mass is 9.76. The van der Waals surface area contributed by atoms with Crippen molar-refractivity contribution in [3.63, 3.8) is 0 Å². The number of benzene rings is 1. The molecule has 1 aromatic rings. The van der Waals surface area contributed by atoms with E-state index in [1.807, 2.05) is 30.4 Å². The average Bonchev–Trinajstić information content (AvgIpc) is 2.29. The van der Waals surface area contributed by atoms with Crippen LogP contribution < -0.4 is 0 Å². The van der Waals surface area contributed by atoms with Crippen LogP contribution in [-0.4, -0.2) is 17.8 Å². The van der Waals surface area contributed by atoms with Gasteiger partial charge in [0.05, 0.1) is 12.7 Å². The minimum absolute atomic E-state index is 0.0719. The fourth-order valence-electron chi connectivity index (χ4n) is 2.62. The van der Waals surface area contributed by atoms with Crippen molar-refractivity contribution in [2.45, 2.75) is 24.5 Å². The third-order valence-electron chi connectivity index (χ3n) is 3.38. The highest BCUT2D eigenvalue weighted by Crippen LogP contribution is 2.39. The molecule has 0 saturated carbocycles. The van der Waals surface area contributed by atoms with Crippen LogP contribution in [0, 0.1) is 0 Å². The first-order valence-electron chi connectivity index (χ1n) is 5.41. The Labute approximate surface area is 89.2 Å². The van der Waals surface area contributed by atoms with Gasteiger partial charge < -0.3 is 9.84 Å². The molecule has 1 aliphatic heterocycles. The summed E-state index contributed by atoms with van der Waals surface area (Å²) in [5, 5.41) is 10.6. The number of ether oxygens (including phenoxy) is 1. The molecule has 0 bridgehead atoms. The summed E-state index contributed by atoms with van der Waals surface area (Å²) < 4.78 is 5.60. The zero-order valence-corrected chi connectivity index (χ0v) is 8.52. The van der Waals surface area contributed by atoms with E-state index in [0.717, 1.165) is 18.4 Å². The van der Waals surface area contributed by atoms with Crippen LogP contribution in [0.25, 0.3) is 0 Å². The normalized spacial score (nSPS) is 33.3. The number of hydrogen-bond acceptors (Lipinski definition) is 2. The third kappa shape index (κ3) is 1.25. The summed E-state index contributed by atoms with van der Waals surface area (Å²) in [7, 11) is 0. The van der Waals surface area contributed by atoms with E-state index >= 15 is 0 Å². The van der Waals surface area contributed by atoms with Crippen molar-refractivity contribution in [2.75, 3.05) is 6.61 Å². The molecule has 1 N–H and O–H groups in total. The standard InChI is InChI=1S/C13H14O2/c14-13-8-3-9-15-12(13)7-6-10-4-1-2-5-11(10)13/h1-5,8,12,14H,6-7,9H2. The molecule has 2 unspecified atom stereocenters. The molecule has 2 nitrogen and oxygen atoms in total. The summed E-state index contributed by atoms with van der Waals surface area (Å²) in [4.78, 5) is 0. The summed E-state index contributed by atoms with van der Waals surface area (Å²) in [5.41, 5.74) is 1.36. The first kappa shape index (κ1) is 9.13. The van der Waals surface area contributed by atoms with Crippen molar-refractivity contribution in [3.8, 4) is 0 Å². The molecule has 2 aliphatic rings. The predicted octanol–water partition coefficient (Wildman–Crippen LogP) is 1.78. The Morgan fingerprint density at radius 1 is 1.33 bits per heavy atom. The van der Waals surface area contributed by atoms with Gasteiger partial charge in [0.15, 0.2) is 0 Å². The second-order valence-corrected chi connectivity index (χ2v) is 4.25. The van der Waals surface area contributed by atoms with Crippen molar-refractivity contribution in [1.29, 1.82) is 0 Å². The van der Waals surface area contributed by atoms with Gasteiger partial charge in [-0.2, -0.15) is 0 Å². The fraction of sp³-hybridized carbons (Fsp3) is 0.385. The molecule has 78 valence electrons. The molecule has 0 amide bonds. The highest BCUT2D eigenvalue weighted by atomic mass is 16.5. The highest BCUT2D eigenvalue weighted by molar-refractivity contribution is 5.40. The van der Waals surface area contributed by atoms with Crippen molar-refractivity contribution in [1.82, 2.24) is 0 Å². The Bertz CT molecular complexity index is 411. The summed E-state index contributed by atoms with van der Waals surface area (Å²) in [6.07, 6.45) is 5.62. The third-order valence-corrected chi connectivity index (χ3v) is 3.38. The zero-order valence-electron chi connectivity index (χ0n) is 8.52. The van der Waals surface area contributed by atoms with Gasteiger partial charge in [0.2, 0.25) is 0 Å². The summed E-state index contributed by atoms with van der Waals surface area (Å²) in [5.74, 6) is 0. The number of fused-ring (bicyclic) bond motifs is 3. The number of rotatable bonds is 0. The maximum Gasteiger partial charge on any atom is 0.134 e. The predicted molar refractivity (Wildman–Crippen MR) is 57.5 cm³/mol. The van der Waals surface area contributed by atoms with E-state index in [9.17, 15) is 5.11 Å². The van der Waals surface area contributed by atoms with Crippen LogP contribution in [0.1, 0.15) is 17.5 Å². The van der Waals surface area contributed by atoms with Gasteiger partial charge >= 0.3 is 0 Å². The zero-order chi connectivity index (χ0) is 10.3. The number of hydrogen-bond donors (Lipinski definition) is 1. The van der Waals surface area contributed by atoms with Gasteiger partial charge in [0, 0.05) is 0 Å². The lowest BCUT2D eigenvalue weighted by Gasteiger charge is -2.41. The molecule has 1 aromatic carbocycles. The van der Waals surface area contributed by atoms with Crippen LogP contribution in [0.3, 0.4) is 0 Å². The Kier molecular flexibility index (Phi) is 1.94. The molecule has 3 rings (SSSR count). The van der Waals surface area contributed by atoms with E-state index in [4.69, 9.17) is 4.74 Å². The number of aryl methyl sites for hydroxylation is 1. The first-order valence-corrected chi connectivity index (χ1v) is 5.41. The smallest absolute Gasteiger partial charge is 0.134 e. The van der Waals surface area contributed by atoms with Crippen LogP contribution in [0.4, 0.5) is 0 Å². The summed E-state index contributed by atoms with van der Waals surface area (Å²) in [6, 6.07) is 8.09. The van der Waals surface area contributed by atoms with E-state index in [-0.39, 0.29) is 6.10 Å². The first-order chi connectivity index (χ1) is 7.31. The molecule has 15 heavy (non-hydrogen) atoms. The van der Waals surface area contributed by atoms with Crippen molar-refractivity contribution in [2.24, 2.45) is 0 Å². The topological polar surface area (TPSA) is 29.5 Å². The van der Waals surface area contributed by atoms with Crippen molar-refractivity contribution < 1.29 is 9.84 Å². The maximum atomic E-state index is 10.6. The number of aliphatic hydroxyl groups is 1. The van der Waals surface area contributed by atoms with Gasteiger partial charge in [-0.25, -0.2) is 0 Å². The lowest BCUT2D eigenvalue weighted by molar-refractivity contribution is -0.0971. The van der Waals surface area contributed by atoms with Gasteiger partial charge in [0.1, 0.15) is 5.60 Å². The quantitative estimate of drug-likeness (QED) is 0.650. The van der Waals surface area contributed by atoms with Gasteiger partial charge in [-0.05, 0) is 30.0 Å². The molecular formula is C13H14O2. The molecule has 2 heteroatoms. The molecule has 0 saturated heterocycles. The fourth-order valence-corrected chi connectivity index (χ4v) is 2.62. The molecule has 1 aliphatic carbocycles. The molecule has 0 aromatic heterocycles. The van der Waals surface area contributed by atoms with Crippen LogP contribution in [0.15, 0.2) is 36.4 Å². The molecule has 0 radical (unpaired) electrons. The van der Waals surface area contributed by atoms with Crippen LogP contribution >= 0.6 is 0 Å². The van der Waals surface area contributed by atoms with Crippen molar-refractivity contribution >= 4 is 0 Å². The monoisotopic (exact) mass is 202 g/mol. The summed E-state index contributed by atoms with van der Waals surface area (Å²) >= 11 is 0. The van der Waals surface area contributed by atoms with E-state index in [0.29, 0.717) is 6.61 Å². The molecule has 0 fully saturated rings. The molecular weight excluding hydrogens is 188 g/mol. The van der Waals surface area contributed by atoms with Crippen molar-refractivity contribution in [3.05, 3.63) is 47.5 Å². The second-order valence-electron chi connectivity index (χ2n) is 4.25. The molecule has 2 atom stereocenters. The van der Waals surface area contributed by atoms with Crippen LogP contribution in [0.2, 0.25) is 0 Å². The van der Waals surface area contributed by atoms with E-state index in [2.05, 4.69) is 6.07 Å². The van der Waals surface area contributed by atoms with Crippen LogP contribution in [-0.2, 0) is 16.8 Å². The van der Waals surface area contributed by atoms with Gasteiger partial charge in [0.25, 0.3) is 0 Å². The van der Waals surface area contributed by atoms with E-state index in [1.165, 1.54) is 5.56 Å². The molecule has 0 spiro atoms. The molecule has 1 heterocycles. The SMILES string of the molecule is OC12C=CCOC1CCc1ccccc12. The highest BCUT2D eigenvalue weighted by Gasteiger charge is 2.42. The van der Waals surface area contributed by atoms with Gasteiger partial charge in [-0.3, -0.25) is 0 Å². The van der Waals surface area contributed by atoms with Crippen LogP contribution in [0.5, 0.6) is 0 Å². The summed E-state index contributed by atoms with van der Waals surface area (Å²) in [6.45, 7) is 0.620. The maximum absolute atomic E-state index is 10.6. The Morgan fingerprint density at radius 3 is 3.13 bits per heavy atom. The average molecular weight is 202 g/mol. The minimum atomic E-state index is -0.896. The lowest BCUT2D eigenvalue weighted by Crippen LogP contribution is -2.45. The largest absolute Gasteiger partial charge is 0.378 e. The Balaban J connectivity index is 2.17. The van der Waals surface area contributed by atoms with Gasteiger partial charge in [-0.15, -0.1) is 0 Å². The second kappa shape index (κ2) is 3.19. The Hall–Kier alpha value is -1.12. The van der Waals surface area contributed by atoms with Gasteiger partial charge in [-0.1, -0.05) is 30.3 Å².